The van der Waals surface area contributed by atoms with Gasteiger partial charge in [-0.25, -0.2) is 0 Å². The number of piperazine rings is 1. The van der Waals surface area contributed by atoms with Crippen molar-refractivity contribution in [1.29, 1.82) is 0 Å². The van der Waals surface area contributed by atoms with E-state index >= 15 is 0 Å². The molecule has 2 fully saturated rings. The summed E-state index contributed by atoms with van der Waals surface area (Å²) < 4.78 is 0. The molecule has 16 heavy (non-hydrogen) atoms. The molecule has 2 aliphatic rings. The predicted octanol–water partition coefficient (Wildman–Crippen LogP) is 0.291. The van der Waals surface area contributed by atoms with Gasteiger partial charge in [-0.15, -0.1) is 0 Å². The molecule has 0 radical (unpaired) electrons. The molecule has 1 saturated carbocycles. The molecule has 0 aromatic rings. The highest BCUT2D eigenvalue weighted by Gasteiger charge is 2.36. The topological polar surface area (TPSA) is 35.6 Å². The number of hydrogen-bond donors (Lipinski definition) is 1. The van der Waals surface area contributed by atoms with Crippen LogP contribution in [0.4, 0.5) is 0 Å². The number of carbonyl (C=O) groups excluding carboxylic acids is 1. The van der Waals surface area contributed by atoms with Crippen LogP contribution in [-0.4, -0.2) is 61.5 Å². The average molecular weight is 225 g/mol. The van der Waals surface area contributed by atoms with Gasteiger partial charge < -0.3 is 10.2 Å². The van der Waals surface area contributed by atoms with Gasteiger partial charge in [-0.1, -0.05) is 12.8 Å². The molecule has 92 valence electrons. The monoisotopic (exact) mass is 225 g/mol. The van der Waals surface area contributed by atoms with E-state index in [0.29, 0.717) is 11.9 Å². The fourth-order valence-electron chi connectivity index (χ4n) is 2.93. The van der Waals surface area contributed by atoms with Gasteiger partial charge in [0.05, 0.1) is 0 Å². The second kappa shape index (κ2) is 5.15. The lowest BCUT2D eigenvalue weighted by Gasteiger charge is -2.41. The van der Waals surface area contributed by atoms with E-state index in [4.69, 9.17) is 0 Å². The summed E-state index contributed by atoms with van der Waals surface area (Å²) in [7, 11) is 3.96. The lowest BCUT2D eigenvalue weighted by atomic mass is 10.1. The maximum Gasteiger partial charge on any atom is 0.241 e. The van der Waals surface area contributed by atoms with Crippen molar-refractivity contribution in [2.45, 2.75) is 37.8 Å². The van der Waals surface area contributed by atoms with Crippen molar-refractivity contribution in [1.82, 2.24) is 15.1 Å². The van der Waals surface area contributed by atoms with Crippen LogP contribution in [0.3, 0.4) is 0 Å². The van der Waals surface area contributed by atoms with Crippen molar-refractivity contribution in [3.63, 3.8) is 0 Å². The number of likely N-dealkylation sites (N-methyl/N-ethyl adjacent to an activating group) is 2. The second-order valence-corrected chi connectivity index (χ2v) is 5.02. The fourth-order valence-corrected chi connectivity index (χ4v) is 2.93. The molecule has 0 aromatic carbocycles. The maximum absolute atomic E-state index is 12.4. The van der Waals surface area contributed by atoms with Gasteiger partial charge >= 0.3 is 0 Å². The van der Waals surface area contributed by atoms with Crippen molar-refractivity contribution >= 4 is 5.91 Å². The Morgan fingerprint density at radius 1 is 1.31 bits per heavy atom. The Kier molecular flexibility index (Phi) is 3.82. The molecule has 4 nitrogen and oxygen atoms in total. The first-order chi connectivity index (χ1) is 7.74. The minimum Gasteiger partial charge on any atom is -0.337 e. The number of rotatable bonds is 3. The molecule has 0 spiro atoms. The smallest absolute Gasteiger partial charge is 0.241 e. The third-order valence-corrected chi connectivity index (χ3v) is 3.96. The zero-order valence-electron chi connectivity index (χ0n) is 10.4. The van der Waals surface area contributed by atoms with Crippen LogP contribution in [0.15, 0.2) is 0 Å². The van der Waals surface area contributed by atoms with E-state index in [9.17, 15) is 4.79 Å². The van der Waals surface area contributed by atoms with Crippen LogP contribution in [0.2, 0.25) is 0 Å². The summed E-state index contributed by atoms with van der Waals surface area (Å²) >= 11 is 0. The third-order valence-electron chi connectivity index (χ3n) is 3.96. The van der Waals surface area contributed by atoms with Gasteiger partial charge in [0.1, 0.15) is 6.04 Å². The quantitative estimate of drug-likeness (QED) is 0.750. The van der Waals surface area contributed by atoms with Gasteiger partial charge in [-0.2, -0.15) is 0 Å². The molecule has 1 N–H and O–H groups in total. The Labute approximate surface area is 98.0 Å². The van der Waals surface area contributed by atoms with Gasteiger partial charge in [0, 0.05) is 25.7 Å². The van der Waals surface area contributed by atoms with Crippen LogP contribution in [0, 0.1) is 0 Å². The zero-order valence-corrected chi connectivity index (χ0v) is 10.4. The van der Waals surface area contributed by atoms with E-state index in [1.807, 2.05) is 14.1 Å². The molecule has 1 saturated heterocycles. The number of hydrogen-bond acceptors (Lipinski definition) is 3. The Bertz CT molecular complexity index is 251. The number of amides is 1. The standard InChI is InChI=1S/C12H23N3O/c1-13-9-11-12(16)15(8-7-14(11)2)10-5-3-4-6-10/h10-11,13H,3-9H2,1-2H3. The first-order valence-corrected chi connectivity index (χ1v) is 6.39. The summed E-state index contributed by atoms with van der Waals surface area (Å²) in [4.78, 5) is 16.7. The highest BCUT2D eigenvalue weighted by Crippen LogP contribution is 2.25. The Morgan fingerprint density at radius 2 is 2.00 bits per heavy atom. The van der Waals surface area contributed by atoms with Crippen molar-refractivity contribution in [3.05, 3.63) is 0 Å². The number of nitrogens with zero attached hydrogens (tertiary/aromatic N) is 2. The van der Waals surface area contributed by atoms with E-state index in [1.54, 1.807) is 0 Å². The third kappa shape index (κ3) is 2.23. The molecule has 1 amide bonds. The first-order valence-electron chi connectivity index (χ1n) is 6.39. The van der Waals surface area contributed by atoms with Crippen molar-refractivity contribution in [3.8, 4) is 0 Å². The maximum atomic E-state index is 12.4. The lowest BCUT2D eigenvalue weighted by Crippen LogP contribution is -2.60. The summed E-state index contributed by atoms with van der Waals surface area (Å²) in [6, 6.07) is 0.569. The summed E-state index contributed by atoms with van der Waals surface area (Å²) in [6.45, 7) is 2.69. The van der Waals surface area contributed by atoms with Crippen LogP contribution in [0.1, 0.15) is 25.7 Å². The Balaban J connectivity index is 2.01. The van der Waals surface area contributed by atoms with E-state index in [2.05, 4.69) is 15.1 Å². The Hall–Kier alpha value is -0.610. The van der Waals surface area contributed by atoms with Gasteiger partial charge in [0.15, 0.2) is 0 Å². The molecule has 4 heteroatoms. The van der Waals surface area contributed by atoms with E-state index in [0.717, 1.165) is 19.6 Å². The summed E-state index contributed by atoms with van der Waals surface area (Å²) in [5.41, 5.74) is 0. The van der Waals surface area contributed by atoms with E-state index in [1.165, 1.54) is 25.7 Å². The molecule has 2 rings (SSSR count). The number of nitrogens with one attached hydrogen (secondary N) is 1. The molecule has 1 aliphatic carbocycles. The highest BCUT2D eigenvalue weighted by atomic mass is 16.2. The minimum absolute atomic E-state index is 0.0411. The summed E-state index contributed by atoms with van der Waals surface area (Å²) in [5, 5.41) is 3.12. The Morgan fingerprint density at radius 3 is 2.62 bits per heavy atom. The first kappa shape index (κ1) is 11.9. The van der Waals surface area contributed by atoms with Gasteiger partial charge in [-0.05, 0) is 26.9 Å². The van der Waals surface area contributed by atoms with Crippen molar-refractivity contribution in [2.75, 3.05) is 33.7 Å². The average Bonchev–Trinajstić information content (AvgIpc) is 2.77. The largest absolute Gasteiger partial charge is 0.337 e. The molecular formula is C12H23N3O. The van der Waals surface area contributed by atoms with Crippen LogP contribution in [-0.2, 0) is 4.79 Å². The highest BCUT2D eigenvalue weighted by molar-refractivity contribution is 5.83. The lowest BCUT2D eigenvalue weighted by molar-refractivity contribution is -0.143. The van der Waals surface area contributed by atoms with E-state index < -0.39 is 0 Å². The number of carbonyl (C=O) groups is 1. The van der Waals surface area contributed by atoms with Gasteiger partial charge in [-0.3, -0.25) is 9.69 Å². The molecule has 1 atom stereocenters. The molecule has 0 aromatic heterocycles. The normalized spacial score (nSPS) is 29.0. The van der Waals surface area contributed by atoms with Gasteiger partial charge in [0.25, 0.3) is 0 Å². The van der Waals surface area contributed by atoms with Crippen LogP contribution < -0.4 is 5.32 Å². The van der Waals surface area contributed by atoms with Crippen LogP contribution >= 0.6 is 0 Å². The minimum atomic E-state index is 0.0411. The SMILES string of the molecule is CNCC1C(=O)N(C2CCCC2)CCN1C. The molecule has 1 unspecified atom stereocenters. The second-order valence-electron chi connectivity index (χ2n) is 5.02. The predicted molar refractivity (Wildman–Crippen MR) is 64.3 cm³/mol. The molecular weight excluding hydrogens is 202 g/mol. The zero-order chi connectivity index (χ0) is 11.5. The van der Waals surface area contributed by atoms with Crippen molar-refractivity contribution < 1.29 is 4.79 Å². The van der Waals surface area contributed by atoms with Crippen LogP contribution in [0.5, 0.6) is 0 Å². The summed E-state index contributed by atoms with van der Waals surface area (Å²) in [6.07, 6.45) is 5.01. The van der Waals surface area contributed by atoms with E-state index in [-0.39, 0.29) is 6.04 Å². The van der Waals surface area contributed by atoms with Gasteiger partial charge in [0.2, 0.25) is 5.91 Å². The molecule has 1 heterocycles. The summed E-state index contributed by atoms with van der Waals surface area (Å²) in [5.74, 6) is 0.329. The fraction of sp³-hybridized carbons (Fsp3) is 0.917. The van der Waals surface area contributed by atoms with Crippen LogP contribution in [0.25, 0.3) is 0 Å². The molecule has 0 bridgehead atoms. The van der Waals surface area contributed by atoms with Crippen molar-refractivity contribution in [2.24, 2.45) is 0 Å². The molecule has 1 aliphatic heterocycles.